The summed E-state index contributed by atoms with van der Waals surface area (Å²) in [7, 11) is 0. The van der Waals surface area contributed by atoms with Gasteiger partial charge in [0.1, 0.15) is 0 Å². The van der Waals surface area contributed by atoms with Gasteiger partial charge in [0.2, 0.25) is 5.91 Å². The van der Waals surface area contributed by atoms with E-state index in [0.29, 0.717) is 13.0 Å². The number of hydrogen-bond donors (Lipinski definition) is 0. The molecule has 0 aromatic rings. The standard InChI is InChI=1S/C9H14N2O/c1-2-9(12)11-5-3-4-8(6-10)7-11/h8H,2-5,7H2,1H3. The lowest BCUT2D eigenvalue weighted by Crippen LogP contribution is -2.39. The molecule has 1 fully saturated rings. The summed E-state index contributed by atoms with van der Waals surface area (Å²) in [6.07, 6.45) is 2.48. The molecule has 3 heteroatoms. The first kappa shape index (κ1) is 9.05. The van der Waals surface area contributed by atoms with Gasteiger partial charge in [0.05, 0.1) is 12.0 Å². The van der Waals surface area contributed by atoms with Gasteiger partial charge in [-0.2, -0.15) is 5.26 Å². The van der Waals surface area contributed by atoms with Crippen molar-refractivity contribution in [1.29, 1.82) is 5.26 Å². The molecular weight excluding hydrogens is 152 g/mol. The molecule has 3 nitrogen and oxygen atoms in total. The molecule has 0 saturated carbocycles. The van der Waals surface area contributed by atoms with Crippen LogP contribution in [0.3, 0.4) is 0 Å². The zero-order valence-corrected chi connectivity index (χ0v) is 7.42. The van der Waals surface area contributed by atoms with Gasteiger partial charge in [0, 0.05) is 19.5 Å². The number of amides is 1. The summed E-state index contributed by atoms with van der Waals surface area (Å²) in [6, 6.07) is 2.22. The lowest BCUT2D eigenvalue weighted by atomic mass is 9.99. The van der Waals surface area contributed by atoms with Gasteiger partial charge in [0.25, 0.3) is 0 Å². The highest BCUT2D eigenvalue weighted by molar-refractivity contribution is 5.75. The zero-order chi connectivity index (χ0) is 8.97. The Morgan fingerprint density at radius 2 is 2.50 bits per heavy atom. The van der Waals surface area contributed by atoms with E-state index in [4.69, 9.17) is 5.26 Å². The highest BCUT2D eigenvalue weighted by Gasteiger charge is 2.21. The van der Waals surface area contributed by atoms with Crippen molar-refractivity contribution in [1.82, 2.24) is 4.90 Å². The minimum Gasteiger partial charge on any atom is -0.341 e. The Kier molecular flexibility index (Phi) is 3.09. The average molecular weight is 166 g/mol. The smallest absolute Gasteiger partial charge is 0.222 e. The van der Waals surface area contributed by atoms with E-state index in [1.165, 1.54) is 0 Å². The molecule has 0 aromatic heterocycles. The van der Waals surface area contributed by atoms with Crippen LogP contribution in [0.2, 0.25) is 0 Å². The summed E-state index contributed by atoms with van der Waals surface area (Å²) in [5, 5.41) is 8.68. The van der Waals surface area contributed by atoms with E-state index in [1.807, 2.05) is 6.92 Å². The Hall–Kier alpha value is -1.04. The average Bonchev–Trinajstić information content (AvgIpc) is 2.17. The minimum atomic E-state index is 0.0641. The largest absolute Gasteiger partial charge is 0.341 e. The summed E-state index contributed by atoms with van der Waals surface area (Å²) in [4.78, 5) is 13.0. The molecule has 1 saturated heterocycles. The van der Waals surface area contributed by atoms with Crippen LogP contribution in [-0.4, -0.2) is 23.9 Å². The first-order valence-corrected chi connectivity index (χ1v) is 4.45. The monoisotopic (exact) mass is 166 g/mol. The third-order valence-electron chi connectivity index (χ3n) is 2.26. The normalized spacial score (nSPS) is 23.3. The van der Waals surface area contributed by atoms with E-state index < -0.39 is 0 Å². The van der Waals surface area contributed by atoms with E-state index in [0.717, 1.165) is 19.4 Å². The van der Waals surface area contributed by atoms with Gasteiger partial charge in [-0.15, -0.1) is 0 Å². The van der Waals surface area contributed by atoms with Crippen molar-refractivity contribution in [2.75, 3.05) is 13.1 Å². The maximum Gasteiger partial charge on any atom is 0.222 e. The molecule has 0 spiro atoms. The van der Waals surface area contributed by atoms with Crippen LogP contribution in [-0.2, 0) is 4.79 Å². The van der Waals surface area contributed by atoms with E-state index in [9.17, 15) is 4.79 Å². The number of hydrogen-bond acceptors (Lipinski definition) is 2. The number of nitrogens with zero attached hydrogens (tertiary/aromatic N) is 2. The molecule has 1 unspecified atom stereocenters. The second kappa shape index (κ2) is 4.10. The molecule has 0 N–H and O–H groups in total. The fourth-order valence-electron chi connectivity index (χ4n) is 1.53. The van der Waals surface area contributed by atoms with E-state index in [2.05, 4.69) is 6.07 Å². The van der Waals surface area contributed by atoms with Crippen LogP contribution in [0.1, 0.15) is 26.2 Å². The fourth-order valence-corrected chi connectivity index (χ4v) is 1.53. The van der Waals surface area contributed by atoms with Crippen molar-refractivity contribution in [2.45, 2.75) is 26.2 Å². The first-order valence-electron chi connectivity index (χ1n) is 4.45. The summed E-state index contributed by atoms with van der Waals surface area (Å²) in [5.41, 5.74) is 0. The molecule has 0 radical (unpaired) electrons. The molecule has 12 heavy (non-hydrogen) atoms. The third kappa shape index (κ3) is 1.97. The van der Waals surface area contributed by atoms with Gasteiger partial charge in [-0.3, -0.25) is 4.79 Å². The first-order chi connectivity index (χ1) is 5.77. The predicted molar refractivity (Wildman–Crippen MR) is 45.2 cm³/mol. The molecule has 1 aliphatic heterocycles. The Morgan fingerprint density at radius 3 is 3.08 bits per heavy atom. The quantitative estimate of drug-likeness (QED) is 0.586. The number of carbonyl (C=O) groups is 1. The molecule has 1 aliphatic rings. The van der Waals surface area contributed by atoms with Crippen LogP contribution >= 0.6 is 0 Å². The highest BCUT2D eigenvalue weighted by Crippen LogP contribution is 2.15. The number of nitriles is 1. The van der Waals surface area contributed by atoms with Crippen LogP contribution in [0.15, 0.2) is 0 Å². The van der Waals surface area contributed by atoms with Crippen LogP contribution in [0.5, 0.6) is 0 Å². The number of piperidine rings is 1. The van der Waals surface area contributed by atoms with Crippen molar-refractivity contribution >= 4 is 5.91 Å². The van der Waals surface area contributed by atoms with Crippen LogP contribution < -0.4 is 0 Å². The van der Waals surface area contributed by atoms with Crippen LogP contribution in [0.4, 0.5) is 0 Å². The van der Waals surface area contributed by atoms with Crippen molar-refractivity contribution < 1.29 is 4.79 Å². The van der Waals surface area contributed by atoms with Crippen LogP contribution in [0.25, 0.3) is 0 Å². The molecule has 1 atom stereocenters. The van der Waals surface area contributed by atoms with Crippen molar-refractivity contribution in [3.05, 3.63) is 0 Å². The number of rotatable bonds is 1. The maximum atomic E-state index is 11.2. The summed E-state index contributed by atoms with van der Waals surface area (Å²) in [6.45, 7) is 3.34. The van der Waals surface area contributed by atoms with E-state index in [-0.39, 0.29) is 11.8 Å². The Balaban J connectivity index is 2.47. The van der Waals surface area contributed by atoms with Gasteiger partial charge >= 0.3 is 0 Å². The zero-order valence-electron chi connectivity index (χ0n) is 7.42. The van der Waals surface area contributed by atoms with Crippen molar-refractivity contribution in [3.8, 4) is 6.07 Å². The van der Waals surface area contributed by atoms with Crippen molar-refractivity contribution in [2.24, 2.45) is 5.92 Å². The fraction of sp³-hybridized carbons (Fsp3) is 0.778. The van der Waals surface area contributed by atoms with Crippen LogP contribution in [0, 0.1) is 17.2 Å². The second-order valence-corrected chi connectivity index (χ2v) is 3.16. The molecule has 1 amide bonds. The van der Waals surface area contributed by atoms with Gasteiger partial charge in [-0.1, -0.05) is 6.92 Å². The molecule has 0 bridgehead atoms. The van der Waals surface area contributed by atoms with Gasteiger partial charge in [-0.05, 0) is 12.8 Å². The number of carbonyl (C=O) groups excluding carboxylic acids is 1. The summed E-state index contributed by atoms with van der Waals surface area (Å²) >= 11 is 0. The molecule has 1 heterocycles. The topological polar surface area (TPSA) is 44.1 Å². The Morgan fingerprint density at radius 1 is 1.75 bits per heavy atom. The van der Waals surface area contributed by atoms with E-state index in [1.54, 1.807) is 4.90 Å². The minimum absolute atomic E-state index is 0.0641. The molecule has 66 valence electrons. The maximum absolute atomic E-state index is 11.2. The Bertz CT molecular complexity index is 207. The van der Waals surface area contributed by atoms with Gasteiger partial charge in [-0.25, -0.2) is 0 Å². The molecule has 0 aliphatic carbocycles. The molecule has 0 aromatic carbocycles. The Labute approximate surface area is 73.0 Å². The number of likely N-dealkylation sites (tertiary alicyclic amines) is 1. The SMILES string of the molecule is CCC(=O)N1CCCC(C#N)C1. The van der Waals surface area contributed by atoms with Gasteiger partial charge in [0.15, 0.2) is 0 Å². The lowest BCUT2D eigenvalue weighted by Gasteiger charge is -2.29. The summed E-state index contributed by atoms with van der Waals surface area (Å²) in [5.74, 6) is 0.240. The third-order valence-corrected chi connectivity index (χ3v) is 2.26. The lowest BCUT2D eigenvalue weighted by molar-refractivity contribution is -0.132. The van der Waals surface area contributed by atoms with Gasteiger partial charge < -0.3 is 4.90 Å². The summed E-state index contributed by atoms with van der Waals surface area (Å²) < 4.78 is 0. The molecule has 1 rings (SSSR count). The highest BCUT2D eigenvalue weighted by atomic mass is 16.2. The predicted octanol–water partition coefficient (Wildman–Crippen LogP) is 1.16. The van der Waals surface area contributed by atoms with Crippen molar-refractivity contribution in [3.63, 3.8) is 0 Å². The molecular formula is C9H14N2O. The van der Waals surface area contributed by atoms with E-state index >= 15 is 0 Å². The second-order valence-electron chi connectivity index (χ2n) is 3.16.